The number of hydrogen-bond donors (Lipinski definition) is 1. The summed E-state index contributed by atoms with van der Waals surface area (Å²) >= 11 is 0. The molecule has 1 N–H and O–H groups in total. The molecule has 28 heavy (non-hydrogen) atoms. The van der Waals surface area contributed by atoms with Crippen molar-refractivity contribution in [2.24, 2.45) is 0 Å². The summed E-state index contributed by atoms with van der Waals surface area (Å²) in [6.45, 7) is 0.944. The first kappa shape index (κ1) is 18.0. The quantitative estimate of drug-likeness (QED) is 0.869. The number of likely N-dealkylation sites (N-methyl/N-ethyl adjacent to an activating group) is 1. The lowest BCUT2D eigenvalue weighted by Crippen LogP contribution is -2.20. The molecule has 0 radical (unpaired) electrons. The number of carboxylic acid groups (broad SMARTS) is 1. The fraction of sp³-hybridized carbons (Fsp3) is 0.286. The summed E-state index contributed by atoms with van der Waals surface area (Å²) in [5.41, 5.74) is 3.54. The van der Waals surface area contributed by atoms with Gasteiger partial charge in [0.25, 0.3) is 0 Å². The second-order valence-corrected chi connectivity index (χ2v) is 6.63. The zero-order chi connectivity index (χ0) is 19.8. The molecule has 0 saturated heterocycles. The second kappa shape index (κ2) is 6.99. The van der Waals surface area contributed by atoms with Crippen LogP contribution in [0, 0.1) is 0 Å². The number of carboxylic acids is 1. The Balaban J connectivity index is 1.91. The van der Waals surface area contributed by atoms with Crippen LogP contribution in [-0.4, -0.2) is 50.6 Å². The van der Waals surface area contributed by atoms with E-state index in [0.717, 1.165) is 35.5 Å². The van der Waals surface area contributed by atoms with Gasteiger partial charge in [-0.05, 0) is 47.9 Å². The maximum Gasteiger partial charge on any atom is 0.340 e. The summed E-state index contributed by atoms with van der Waals surface area (Å²) in [7, 11) is 4.87. The molecule has 7 nitrogen and oxygen atoms in total. The molecule has 0 aromatic heterocycles. The summed E-state index contributed by atoms with van der Waals surface area (Å²) in [5.74, 6) is 0.955. The molecule has 2 heterocycles. The second-order valence-electron chi connectivity index (χ2n) is 6.63. The first-order valence-electron chi connectivity index (χ1n) is 8.87. The normalized spacial score (nSPS) is 14.8. The van der Waals surface area contributed by atoms with E-state index < -0.39 is 5.97 Å². The summed E-state index contributed by atoms with van der Waals surface area (Å²) in [6, 6.07) is 7.42. The molecule has 0 amide bonds. The van der Waals surface area contributed by atoms with Gasteiger partial charge in [-0.15, -0.1) is 0 Å². The van der Waals surface area contributed by atoms with Crippen LogP contribution in [0.25, 0.3) is 11.8 Å². The standard InChI is InChI=1S/C21H21NO6/c1-22-7-6-12-9-17-18(28-11-27-17)10-13(12)8-15(22)14-4-5-16(25-2)20(26-3)19(14)21(23)24/h4-5,8-10H,6-7,11H2,1-3H3,(H,23,24). The van der Waals surface area contributed by atoms with Crippen molar-refractivity contribution in [1.29, 1.82) is 0 Å². The third-order valence-corrected chi connectivity index (χ3v) is 5.09. The SMILES string of the molecule is COc1ccc(C2=Cc3cc4c(cc3CCN2C)OCO4)c(C(=O)O)c1OC. The number of rotatable bonds is 4. The third kappa shape index (κ3) is 2.89. The monoisotopic (exact) mass is 383 g/mol. The maximum atomic E-state index is 12.1. The van der Waals surface area contributed by atoms with Gasteiger partial charge in [0.15, 0.2) is 23.0 Å². The molecule has 2 aromatic rings. The highest BCUT2D eigenvalue weighted by molar-refractivity contribution is 6.00. The van der Waals surface area contributed by atoms with E-state index in [0.29, 0.717) is 17.1 Å². The van der Waals surface area contributed by atoms with Gasteiger partial charge in [0, 0.05) is 24.9 Å². The molecule has 0 spiro atoms. The number of nitrogens with zero attached hydrogens (tertiary/aromatic N) is 1. The molecule has 2 aromatic carbocycles. The zero-order valence-corrected chi connectivity index (χ0v) is 15.9. The van der Waals surface area contributed by atoms with Crippen molar-refractivity contribution in [3.63, 3.8) is 0 Å². The van der Waals surface area contributed by atoms with Crippen molar-refractivity contribution in [2.45, 2.75) is 6.42 Å². The molecule has 0 bridgehead atoms. The number of hydrogen-bond acceptors (Lipinski definition) is 6. The fourth-order valence-corrected chi connectivity index (χ4v) is 3.65. The van der Waals surface area contributed by atoms with Crippen LogP contribution in [-0.2, 0) is 6.42 Å². The van der Waals surface area contributed by atoms with Gasteiger partial charge in [-0.25, -0.2) is 4.79 Å². The Hall–Kier alpha value is -3.35. The number of benzene rings is 2. The van der Waals surface area contributed by atoms with Crippen molar-refractivity contribution < 1.29 is 28.8 Å². The molecule has 146 valence electrons. The predicted octanol–water partition coefficient (Wildman–Crippen LogP) is 3.12. The molecule has 0 unspecified atom stereocenters. The largest absolute Gasteiger partial charge is 0.493 e. The van der Waals surface area contributed by atoms with Crippen molar-refractivity contribution in [3.8, 4) is 23.0 Å². The van der Waals surface area contributed by atoms with Crippen LogP contribution in [0.15, 0.2) is 24.3 Å². The minimum atomic E-state index is -1.07. The van der Waals surface area contributed by atoms with E-state index in [1.165, 1.54) is 14.2 Å². The highest BCUT2D eigenvalue weighted by Crippen LogP contribution is 2.41. The number of fused-ring (bicyclic) bond motifs is 2. The van der Waals surface area contributed by atoms with Crippen molar-refractivity contribution in [2.75, 3.05) is 34.6 Å². The topological polar surface area (TPSA) is 77.5 Å². The smallest absolute Gasteiger partial charge is 0.340 e. The summed E-state index contributed by atoms with van der Waals surface area (Å²) in [4.78, 5) is 14.1. The van der Waals surface area contributed by atoms with Crippen LogP contribution in [0.4, 0.5) is 0 Å². The highest BCUT2D eigenvalue weighted by Gasteiger charge is 2.26. The van der Waals surface area contributed by atoms with E-state index in [1.807, 2.05) is 30.2 Å². The van der Waals surface area contributed by atoms with Crippen LogP contribution in [0.2, 0.25) is 0 Å². The van der Waals surface area contributed by atoms with Gasteiger partial charge in [0.2, 0.25) is 6.79 Å². The van der Waals surface area contributed by atoms with E-state index in [2.05, 4.69) is 0 Å². The zero-order valence-electron chi connectivity index (χ0n) is 15.9. The Morgan fingerprint density at radius 1 is 1.14 bits per heavy atom. The molecule has 0 aliphatic carbocycles. The minimum absolute atomic E-state index is 0.0733. The molecular formula is C21H21NO6. The van der Waals surface area contributed by atoms with E-state index in [9.17, 15) is 9.90 Å². The molecule has 4 rings (SSSR count). The van der Waals surface area contributed by atoms with E-state index in [1.54, 1.807) is 12.1 Å². The van der Waals surface area contributed by atoms with Gasteiger partial charge >= 0.3 is 5.97 Å². The average Bonchev–Trinajstić information content (AvgIpc) is 3.09. The van der Waals surface area contributed by atoms with Crippen molar-refractivity contribution in [3.05, 3.63) is 46.5 Å². The van der Waals surface area contributed by atoms with Gasteiger partial charge in [0.05, 0.1) is 14.2 Å². The molecule has 7 heteroatoms. The van der Waals surface area contributed by atoms with Crippen LogP contribution < -0.4 is 18.9 Å². The number of methoxy groups -OCH3 is 2. The van der Waals surface area contributed by atoms with Crippen LogP contribution in [0.3, 0.4) is 0 Å². The van der Waals surface area contributed by atoms with Gasteiger partial charge in [-0.1, -0.05) is 0 Å². The van der Waals surface area contributed by atoms with Crippen molar-refractivity contribution in [1.82, 2.24) is 4.90 Å². The number of ether oxygens (including phenoxy) is 4. The van der Waals surface area contributed by atoms with Gasteiger partial charge in [-0.2, -0.15) is 0 Å². The molecule has 2 aliphatic rings. The average molecular weight is 383 g/mol. The Morgan fingerprint density at radius 2 is 1.89 bits per heavy atom. The van der Waals surface area contributed by atoms with E-state index in [4.69, 9.17) is 18.9 Å². The fourth-order valence-electron chi connectivity index (χ4n) is 3.65. The van der Waals surface area contributed by atoms with E-state index in [-0.39, 0.29) is 18.1 Å². The summed E-state index contributed by atoms with van der Waals surface area (Å²) in [5, 5.41) is 9.89. The molecule has 0 saturated carbocycles. The Morgan fingerprint density at radius 3 is 2.57 bits per heavy atom. The summed E-state index contributed by atoms with van der Waals surface area (Å²) < 4.78 is 21.6. The van der Waals surface area contributed by atoms with Gasteiger partial charge in [-0.3, -0.25) is 0 Å². The summed E-state index contributed by atoms with van der Waals surface area (Å²) in [6.07, 6.45) is 2.79. The minimum Gasteiger partial charge on any atom is -0.493 e. The van der Waals surface area contributed by atoms with Crippen LogP contribution in [0.1, 0.15) is 27.0 Å². The molecule has 0 atom stereocenters. The van der Waals surface area contributed by atoms with Crippen LogP contribution >= 0.6 is 0 Å². The molecular weight excluding hydrogens is 362 g/mol. The highest BCUT2D eigenvalue weighted by atomic mass is 16.7. The number of carbonyl (C=O) groups is 1. The Kier molecular flexibility index (Phi) is 4.50. The van der Waals surface area contributed by atoms with Crippen molar-refractivity contribution >= 4 is 17.7 Å². The van der Waals surface area contributed by atoms with Crippen LogP contribution in [0.5, 0.6) is 23.0 Å². The Bertz CT molecular complexity index is 981. The lowest BCUT2D eigenvalue weighted by Gasteiger charge is -2.23. The van der Waals surface area contributed by atoms with E-state index >= 15 is 0 Å². The lowest BCUT2D eigenvalue weighted by atomic mass is 9.99. The van der Waals surface area contributed by atoms with Gasteiger partial charge in [0.1, 0.15) is 5.56 Å². The first-order chi connectivity index (χ1) is 13.5. The lowest BCUT2D eigenvalue weighted by molar-refractivity contribution is 0.0692. The molecule has 2 aliphatic heterocycles. The maximum absolute atomic E-state index is 12.1. The number of aromatic carboxylic acids is 1. The third-order valence-electron chi connectivity index (χ3n) is 5.09. The predicted molar refractivity (Wildman–Crippen MR) is 103 cm³/mol. The first-order valence-corrected chi connectivity index (χ1v) is 8.87. The molecule has 0 fully saturated rings. The van der Waals surface area contributed by atoms with Gasteiger partial charge < -0.3 is 29.0 Å². The Labute approximate surface area is 162 Å².